The standard InChI is InChI=1S/C16H27N3O/c1-17-15(19-13-9-12-5-6-14(13)20-12)18-10-16(7-2-8-16)11-3-4-11/h11-14H,2-10H2,1H3,(H2,17,18,19). The van der Waals surface area contributed by atoms with E-state index in [1.54, 1.807) is 0 Å². The van der Waals surface area contributed by atoms with Crippen LogP contribution >= 0.6 is 0 Å². The molecule has 2 heterocycles. The van der Waals surface area contributed by atoms with Crippen molar-refractivity contribution in [3.63, 3.8) is 0 Å². The van der Waals surface area contributed by atoms with Crippen LogP contribution in [-0.4, -0.2) is 37.8 Å². The topological polar surface area (TPSA) is 45.7 Å². The third kappa shape index (κ3) is 2.22. The van der Waals surface area contributed by atoms with Crippen molar-refractivity contribution in [3.05, 3.63) is 0 Å². The van der Waals surface area contributed by atoms with Gasteiger partial charge in [-0.15, -0.1) is 0 Å². The van der Waals surface area contributed by atoms with E-state index in [-0.39, 0.29) is 0 Å². The van der Waals surface area contributed by atoms with Crippen LogP contribution in [0.25, 0.3) is 0 Å². The summed E-state index contributed by atoms with van der Waals surface area (Å²) in [7, 11) is 1.88. The van der Waals surface area contributed by atoms with Crippen molar-refractivity contribution in [2.24, 2.45) is 16.3 Å². The summed E-state index contributed by atoms with van der Waals surface area (Å²) in [4.78, 5) is 4.42. The molecule has 0 aromatic carbocycles. The molecule has 2 aliphatic heterocycles. The van der Waals surface area contributed by atoms with Crippen molar-refractivity contribution in [1.29, 1.82) is 0 Å². The van der Waals surface area contributed by atoms with E-state index in [9.17, 15) is 0 Å². The maximum Gasteiger partial charge on any atom is 0.191 e. The van der Waals surface area contributed by atoms with Gasteiger partial charge >= 0.3 is 0 Å². The van der Waals surface area contributed by atoms with Crippen LogP contribution in [0.1, 0.15) is 51.4 Å². The van der Waals surface area contributed by atoms with E-state index in [2.05, 4.69) is 15.6 Å². The second-order valence-electron chi connectivity index (χ2n) is 7.28. The molecule has 2 saturated carbocycles. The maximum atomic E-state index is 5.91. The maximum absolute atomic E-state index is 5.91. The van der Waals surface area contributed by atoms with E-state index >= 15 is 0 Å². The highest BCUT2D eigenvalue weighted by Crippen LogP contribution is 2.56. The Morgan fingerprint density at radius 2 is 2.10 bits per heavy atom. The van der Waals surface area contributed by atoms with Gasteiger partial charge in [-0.25, -0.2) is 0 Å². The zero-order valence-electron chi connectivity index (χ0n) is 12.5. The number of fused-ring (bicyclic) bond motifs is 2. The highest BCUT2D eigenvalue weighted by atomic mass is 16.5. The molecule has 3 unspecified atom stereocenters. The Bertz CT molecular complexity index is 401. The monoisotopic (exact) mass is 277 g/mol. The number of hydrogen-bond donors (Lipinski definition) is 2. The zero-order valence-corrected chi connectivity index (χ0v) is 12.5. The van der Waals surface area contributed by atoms with Crippen LogP contribution in [0.4, 0.5) is 0 Å². The van der Waals surface area contributed by atoms with Crippen molar-refractivity contribution < 1.29 is 4.74 Å². The van der Waals surface area contributed by atoms with E-state index in [1.165, 1.54) is 44.9 Å². The molecule has 0 spiro atoms. The molecule has 112 valence electrons. The lowest BCUT2D eigenvalue weighted by Gasteiger charge is -2.43. The van der Waals surface area contributed by atoms with Gasteiger partial charge in [0, 0.05) is 13.6 Å². The van der Waals surface area contributed by atoms with Gasteiger partial charge < -0.3 is 15.4 Å². The number of hydrogen-bond acceptors (Lipinski definition) is 2. The van der Waals surface area contributed by atoms with Gasteiger partial charge in [0.1, 0.15) is 0 Å². The minimum absolute atomic E-state index is 0.416. The molecule has 4 heteroatoms. The van der Waals surface area contributed by atoms with E-state index in [1.807, 2.05) is 7.05 Å². The number of ether oxygens (including phenoxy) is 1. The van der Waals surface area contributed by atoms with Crippen molar-refractivity contribution in [1.82, 2.24) is 10.6 Å². The van der Waals surface area contributed by atoms with Crippen LogP contribution in [-0.2, 0) is 4.74 Å². The Morgan fingerprint density at radius 3 is 2.60 bits per heavy atom. The first kappa shape index (κ1) is 12.9. The Morgan fingerprint density at radius 1 is 1.25 bits per heavy atom. The fourth-order valence-corrected chi connectivity index (χ4v) is 4.48. The van der Waals surface area contributed by atoms with E-state index in [4.69, 9.17) is 4.74 Å². The molecule has 3 atom stereocenters. The fourth-order valence-electron chi connectivity index (χ4n) is 4.48. The highest BCUT2D eigenvalue weighted by molar-refractivity contribution is 5.80. The summed E-state index contributed by atoms with van der Waals surface area (Å²) in [5.74, 6) is 1.98. The number of guanidine groups is 1. The highest BCUT2D eigenvalue weighted by Gasteiger charge is 2.49. The third-order valence-electron chi connectivity index (χ3n) is 6.05. The average Bonchev–Trinajstić information content (AvgIpc) is 3.05. The van der Waals surface area contributed by atoms with Gasteiger partial charge in [0.2, 0.25) is 0 Å². The Hall–Kier alpha value is -0.770. The predicted octanol–water partition coefficient (Wildman–Crippen LogP) is 2.05. The third-order valence-corrected chi connectivity index (χ3v) is 6.05. The molecule has 0 aromatic rings. The molecule has 2 saturated heterocycles. The van der Waals surface area contributed by atoms with Gasteiger partial charge in [-0.05, 0) is 56.3 Å². The quantitative estimate of drug-likeness (QED) is 0.611. The van der Waals surface area contributed by atoms with Crippen molar-refractivity contribution in [2.45, 2.75) is 69.6 Å². The van der Waals surface area contributed by atoms with Crippen LogP contribution in [0.5, 0.6) is 0 Å². The minimum atomic E-state index is 0.416. The largest absolute Gasteiger partial charge is 0.373 e. The molecule has 4 fully saturated rings. The molecule has 2 aliphatic carbocycles. The minimum Gasteiger partial charge on any atom is -0.373 e. The van der Waals surface area contributed by atoms with Gasteiger partial charge in [0.05, 0.1) is 18.2 Å². The summed E-state index contributed by atoms with van der Waals surface area (Å²) in [5.41, 5.74) is 0.600. The van der Waals surface area contributed by atoms with Crippen molar-refractivity contribution in [3.8, 4) is 0 Å². The zero-order chi connectivity index (χ0) is 13.6. The number of aliphatic imine (C=N–C) groups is 1. The Balaban J connectivity index is 1.30. The Kier molecular flexibility index (Phi) is 3.17. The van der Waals surface area contributed by atoms with Gasteiger partial charge in [0.15, 0.2) is 5.96 Å². The predicted molar refractivity (Wildman–Crippen MR) is 79.8 cm³/mol. The van der Waals surface area contributed by atoms with E-state index < -0.39 is 0 Å². The lowest BCUT2D eigenvalue weighted by Crippen LogP contribution is -2.51. The van der Waals surface area contributed by atoms with Gasteiger partial charge in [-0.2, -0.15) is 0 Å². The summed E-state index contributed by atoms with van der Waals surface area (Å²) in [6.07, 6.45) is 11.7. The summed E-state index contributed by atoms with van der Waals surface area (Å²) >= 11 is 0. The molecule has 20 heavy (non-hydrogen) atoms. The molecular formula is C16H27N3O. The van der Waals surface area contributed by atoms with Crippen LogP contribution in [0.2, 0.25) is 0 Å². The number of nitrogens with zero attached hydrogens (tertiary/aromatic N) is 1. The molecule has 4 rings (SSSR count). The van der Waals surface area contributed by atoms with Crippen molar-refractivity contribution in [2.75, 3.05) is 13.6 Å². The van der Waals surface area contributed by atoms with E-state index in [0.29, 0.717) is 23.7 Å². The van der Waals surface area contributed by atoms with Gasteiger partial charge in [0.25, 0.3) is 0 Å². The molecule has 0 aromatic heterocycles. The van der Waals surface area contributed by atoms with Gasteiger partial charge in [-0.1, -0.05) is 6.42 Å². The van der Waals surface area contributed by atoms with Crippen molar-refractivity contribution >= 4 is 5.96 Å². The molecule has 0 amide bonds. The van der Waals surface area contributed by atoms with Gasteiger partial charge in [-0.3, -0.25) is 4.99 Å². The first-order chi connectivity index (χ1) is 9.79. The SMILES string of the molecule is CN=C(NCC1(C2CC2)CCC1)NC1CC2CCC1O2. The van der Waals surface area contributed by atoms with Crippen LogP contribution in [0.15, 0.2) is 4.99 Å². The molecule has 2 N–H and O–H groups in total. The fraction of sp³-hybridized carbons (Fsp3) is 0.938. The molecule has 0 radical (unpaired) electrons. The summed E-state index contributed by atoms with van der Waals surface area (Å²) in [6.45, 7) is 1.11. The number of nitrogens with one attached hydrogen (secondary N) is 2. The lowest BCUT2D eigenvalue weighted by atomic mass is 9.65. The summed E-state index contributed by atoms with van der Waals surface area (Å²) in [5, 5.41) is 7.19. The molecule has 4 nitrogen and oxygen atoms in total. The molecular weight excluding hydrogens is 250 g/mol. The number of rotatable bonds is 4. The second kappa shape index (κ2) is 4.90. The van der Waals surface area contributed by atoms with E-state index in [0.717, 1.165) is 24.8 Å². The summed E-state index contributed by atoms with van der Waals surface area (Å²) in [6, 6.07) is 0.471. The normalized spacial score (nSPS) is 38.6. The molecule has 4 aliphatic rings. The summed E-state index contributed by atoms with van der Waals surface area (Å²) < 4.78 is 5.91. The molecule has 2 bridgehead atoms. The van der Waals surface area contributed by atoms with Crippen LogP contribution in [0, 0.1) is 11.3 Å². The first-order valence-corrected chi connectivity index (χ1v) is 8.42. The lowest BCUT2D eigenvalue weighted by molar-refractivity contribution is 0.0983. The average molecular weight is 277 g/mol. The van der Waals surface area contributed by atoms with Crippen LogP contribution < -0.4 is 10.6 Å². The first-order valence-electron chi connectivity index (χ1n) is 8.42. The smallest absolute Gasteiger partial charge is 0.191 e. The second-order valence-corrected chi connectivity index (χ2v) is 7.28. The van der Waals surface area contributed by atoms with Crippen LogP contribution in [0.3, 0.4) is 0 Å². The Labute approximate surface area is 121 Å².